The second-order valence-electron chi connectivity index (χ2n) is 6.91. The van der Waals surface area contributed by atoms with Crippen molar-refractivity contribution in [1.82, 2.24) is 4.31 Å². The Morgan fingerprint density at radius 3 is 2.31 bits per heavy atom. The number of ether oxygens (including phenoxy) is 1. The van der Waals surface area contributed by atoms with Gasteiger partial charge in [-0.25, -0.2) is 8.42 Å². The number of benzene rings is 2. The Bertz CT molecular complexity index is 1010. The van der Waals surface area contributed by atoms with Crippen molar-refractivity contribution in [3.05, 3.63) is 52.0 Å². The summed E-state index contributed by atoms with van der Waals surface area (Å²) in [5.74, 6) is -0.498. The zero-order valence-corrected chi connectivity index (χ0v) is 18.2. The molecule has 7 nitrogen and oxygen atoms in total. The molecule has 0 saturated carbocycles. The van der Waals surface area contributed by atoms with Crippen LogP contribution in [0.1, 0.15) is 24.2 Å². The van der Waals surface area contributed by atoms with Crippen molar-refractivity contribution in [3.63, 3.8) is 0 Å². The molecule has 0 radical (unpaired) electrons. The number of sulfonamides is 1. The molecule has 1 fully saturated rings. The standard InChI is InChI=1S/C19H21Cl2N3O4S/c1-11-9-24(10-12(2)28-11)29(26,27)15-5-3-4-13(6-15)19(25)23-14-7-16(20)18(22)17(21)8-14/h3-8,11-12H,9-10,22H2,1-2H3,(H,23,25). The normalized spacial score (nSPS) is 20.4. The fraction of sp³-hybridized carbons (Fsp3) is 0.316. The lowest BCUT2D eigenvalue weighted by Gasteiger charge is -2.34. The summed E-state index contributed by atoms with van der Waals surface area (Å²) in [6.07, 6.45) is -0.417. The van der Waals surface area contributed by atoms with E-state index in [2.05, 4.69) is 5.32 Å². The number of carbonyl (C=O) groups is 1. The molecule has 29 heavy (non-hydrogen) atoms. The Hall–Kier alpha value is -1.84. The topological polar surface area (TPSA) is 102 Å². The maximum Gasteiger partial charge on any atom is 0.255 e. The number of nitrogens with zero attached hydrogens (tertiary/aromatic N) is 1. The van der Waals surface area contributed by atoms with E-state index in [0.717, 1.165) is 0 Å². The summed E-state index contributed by atoms with van der Waals surface area (Å²) < 4.78 is 33.0. The molecule has 156 valence electrons. The summed E-state index contributed by atoms with van der Waals surface area (Å²) >= 11 is 12.0. The van der Waals surface area contributed by atoms with Gasteiger partial charge in [-0.2, -0.15) is 4.31 Å². The third-order valence-corrected chi connectivity index (χ3v) is 6.91. The van der Waals surface area contributed by atoms with Gasteiger partial charge < -0.3 is 15.8 Å². The van der Waals surface area contributed by atoms with Gasteiger partial charge in [-0.1, -0.05) is 29.3 Å². The number of halogens is 2. The number of nitrogens with two attached hydrogens (primary N) is 1. The van der Waals surface area contributed by atoms with E-state index in [1.165, 1.54) is 40.7 Å². The summed E-state index contributed by atoms with van der Waals surface area (Å²) in [4.78, 5) is 12.7. The van der Waals surface area contributed by atoms with Gasteiger partial charge in [0.05, 0.1) is 32.8 Å². The van der Waals surface area contributed by atoms with Crippen LogP contribution >= 0.6 is 23.2 Å². The lowest BCUT2D eigenvalue weighted by molar-refractivity contribution is -0.0440. The van der Waals surface area contributed by atoms with E-state index in [1.54, 1.807) is 0 Å². The number of carbonyl (C=O) groups excluding carboxylic acids is 1. The zero-order chi connectivity index (χ0) is 21.3. The van der Waals surface area contributed by atoms with Crippen LogP contribution in [0.3, 0.4) is 0 Å². The summed E-state index contributed by atoms with van der Waals surface area (Å²) in [6.45, 7) is 4.16. The van der Waals surface area contributed by atoms with E-state index in [1.807, 2.05) is 13.8 Å². The Labute approximate surface area is 179 Å². The van der Waals surface area contributed by atoms with Gasteiger partial charge in [0, 0.05) is 24.3 Å². The first-order valence-corrected chi connectivity index (χ1v) is 11.1. The number of amides is 1. The second-order valence-corrected chi connectivity index (χ2v) is 9.67. The molecule has 2 unspecified atom stereocenters. The van der Waals surface area contributed by atoms with Crippen LogP contribution < -0.4 is 11.1 Å². The molecule has 0 aromatic heterocycles. The van der Waals surface area contributed by atoms with Gasteiger partial charge in [0.2, 0.25) is 10.0 Å². The first-order valence-electron chi connectivity index (χ1n) is 8.89. The minimum absolute atomic E-state index is 0.0415. The van der Waals surface area contributed by atoms with Gasteiger partial charge in [-0.15, -0.1) is 0 Å². The molecule has 0 bridgehead atoms. The van der Waals surface area contributed by atoms with Crippen molar-refractivity contribution in [2.24, 2.45) is 0 Å². The summed E-state index contributed by atoms with van der Waals surface area (Å²) in [6, 6.07) is 8.80. The van der Waals surface area contributed by atoms with Crippen molar-refractivity contribution in [2.75, 3.05) is 24.1 Å². The fourth-order valence-corrected chi connectivity index (χ4v) is 5.26. The second kappa shape index (κ2) is 8.49. The van der Waals surface area contributed by atoms with E-state index in [-0.39, 0.29) is 51.5 Å². The minimum Gasteiger partial charge on any atom is -0.396 e. The third kappa shape index (κ3) is 4.84. The molecular formula is C19H21Cl2N3O4S. The molecule has 2 atom stereocenters. The number of hydrogen-bond donors (Lipinski definition) is 2. The number of morpholine rings is 1. The molecule has 1 saturated heterocycles. The van der Waals surface area contributed by atoms with Crippen molar-refractivity contribution in [2.45, 2.75) is 31.0 Å². The van der Waals surface area contributed by atoms with Crippen molar-refractivity contribution >= 4 is 50.5 Å². The fourth-order valence-electron chi connectivity index (χ4n) is 3.13. The maximum atomic E-state index is 13.0. The SMILES string of the molecule is CC1CN(S(=O)(=O)c2cccc(C(=O)Nc3cc(Cl)c(N)c(Cl)c3)c2)CC(C)O1. The van der Waals surface area contributed by atoms with Crippen LogP contribution in [0.25, 0.3) is 0 Å². The Morgan fingerprint density at radius 2 is 1.72 bits per heavy atom. The van der Waals surface area contributed by atoms with Crippen molar-refractivity contribution in [3.8, 4) is 0 Å². The zero-order valence-electron chi connectivity index (χ0n) is 15.9. The average Bonchev–Trinajstić information content (AvgIpc) is 2.65. The first-order chi connectivity index (χ1) is 13.6. The smallest absolute Gasteiger partial charge is 0.255 e. The number of nitrogens with one attached hydrogen (secondary N) is 1. The van der Waals surface area contributed by atoms with Gasteiger partial charge >= 0.3 is 0 Å². The average molecular weight is 458 g/mol. The highest BCUT2D eigenvalue weighted by Crippen LogP contribution is 2.31. The summed E-state index contributed by atoms with van der Waals surface area (Å²) in [7, 11) is -3.76. The molecule has 10 heteroatoms. The predicted octanol–water partition coefficient (Wildman–Crippen LogP) is 3.63. The summed E-state index contributed by atoms with van der Waals surface area (Å²) in [5, 5.41) is 3.06. The lowest BCUT2D eigenvalue weighted by Crippen LogP contribution is -2.48. The molecule has 2 aromatic rings. The molecule has 3 rings (SSSR count). The third-order valence-electron chi connectivity index (χ3n) is 4.46. The van der Waals surface area contributed by atoms with E-state index in [4.69, 9.17) is 33.7 Å². The molecule has 1 aliphatic rings. The quantitative estimate of drug-likeness (QED) is 0.682. The van der Waals surface area contributed by atoms with E-state index >= 15 is 0 Å². The molecule has 0 aliphatic carbocycles. The molecule has 2 aromatic carbocycles. The molecular weight excluding hydrogens is 437 g/mol. The Kier molecular flexibility index (Phi) is 6.40. The van der Waals surface area contributed by atoms with Crippen molar-refractivity contribution < 1.29 is 17.9 Å². The number of anilines is 2. The maximum absolute atomic E-state index is 13.0. The molecule has 1 heterocycles. The number of hydrogen-bond acceptors (Lipinski definition) is 5. The van der Waals surface area contributed by atoms with Gasteiger partial charge in [0.25, 0.3) is 5.91 Å². The van der Waals surface area contributed by atoms with E-state index in [0.29, 0.717) is 5.69 Å². The van der Waals surface area contributed by atoms with E-state index in [9.17, 15) is 13.2 Å². The van der Waals surface area contributed by atoms with Crippen LogP contribution in [-0.2, 0) is 14.8 Å². The van der Waals surface area contributed by atoms with Crippen LogP contribution in [0, 0.1) is 0 Å². The van der Waals surface area contributed by atoms with Crippen LogP contribution in [0.2, 0.25) is 10.0 Å². The lowest BCUT2D eigenvalue weighted by atomic mass is 10.2. The van der Waals surface area contributed by atoms with Crippen molar-refractivity contribution in [1.29, 1.82) is 0 Å². The van der Waals surface area contributed by atoms with Gasteiger partial charge in [0.15, 0.2) is 0 Å². The molecule has 3 N–H and O–H groups in total. The first kappa shape index (κ1) is 21.9. The Morgan fingerprint density at radius 1 is 1.14 bits per heavy atom. The molecule has 1 aliphatic heterocycles. The highest BCUT2D eigenvalue weighted by molar-refractivity contribution is 7.89. The highest BCUT2D eigenvalue weighted by atomic mass is 35.5. The van der Waals surface area contributed by atoms with Crippen LogP contribution in [-0.4, -0.2) is 43.9 Å². The van der Waals surface area contributed by atoms with Crippen LogP contribution in [0.5, 0.6) is 0 Å². The number of rotatable bonds is 4. The Balaban J connectivity index is 1.84. The molecule has 1 amide bonds. The summed E-state index contributed by atoms with van der Waals surface area (Å²) in [5.41, 5.74) is 6.45. The van der Waals surface area contributed by atoms with Crippen LogP contribution in [0.15, 0.2) is 41.3 Å². The van der Waals surface area contributed by atoms with E-state index < -0.39 is 15.9 Å². The minimum atomic E-state index is -3.76. The monoisotopic (exact) mass is 457 g/mol. The predicted molar refractivity (Wildman–Crippen MR) is 114 cm³/mol. The van der Waals surface area contributed by atoms with Crippen LogP contribution in [0.4, 0.5) is 11.4 Å². The highest BCUT2D eigenvalue weighted by Gasteiger charge is 2.32. The molecule has 0 spiro atoms. The number of nitrogen functional groups attached to an aromatic ring is 1. The largest absolute Gasteiger partial charge is 0.396 e. The van der Waals surface area contributed by atoms with Gasteiger partial charge in [-0.3, -0.25) is 4.79 Å². The van der Waals surface area contributed by atoms with Gasteiger partial charge in [-0.05, 0) is 44.2 Å². The van der Waals surface area contributed by atoms with Gasteiger partial charge in [0.1, 0.15) is 0 Å².